The fraction of sp³-hybridized carbons (Fsp3) is 0.333. The molecule has 2 saturated carbocycles. The molecule has 0 N–H and O–H groups in total. The van der Waals surface area contributed by atoms with E-state index in [1.807, 2.05) is 63.5 Å². The molecule has 0 heterocycles. The minimum atomic E-state index is 0. The Hall–Kier alpha value is -1.52. The van der Waals surface area contributed by atoms with Gasteiger partial charge in [0.1, 0.15) is 0 Å². The van der Waals surface area contributed by atoms with Gasteiger partial charge in [-0.1, -0.05) is 35.4 Å². The van der Waals surface area contributed by atoms with Gasteiger partial charge in [-0.25, -0.2) is 0 Å². The van der Waals surface area contributed by atoms with E-state index in [0.717, 1.165) is 84.9 Å². The van der Waals surface area contributed by atoms with Gasteiger partial charge >= 0.3 is 17.1 Å². The van der Waals surface area contributed by atoms with Crippen LogP contribution < -0.4 is 0 Å². The first-order valence-corrected chi connectivity index (χ1v) is 15.6. The molecular formula is C36H42Cl2FeN2O2+2. The molecule has 0 spiro atoms. The second-order valence-corrected chi connectivity index (χ2v) is 10.9. The van der Waals surface area contributed by atoms with Gasteiger partial charge in [0.25, 0.3) is 0 Å². The molecule has 0 saturated heterocycles. The van der Waals surface area contributed by atoms with Crippen molar-refractivity contribution in [2.24, 2.45) is 0 Å². The van der Waals surface area contributed by atoms with Crippen molar-refractivity contribution in [3.8, 4) is 0 Å². The summed E-state index contributed by atoms with van der Waals surface area (Å²) in [5, 5.41) is 1.60. The molecule has 4 rings (SSSR count). The molecule has 0 bridgehead atoms. The maximum atomic E-state index is 11.9. The predicted octanol–water partition coefficient (Wildman–Crippen LogP) is 8.06. The number of rotatable bonds is 12. The van der Waals surface area contributed by atoms with Crippen LogP contribution in [0.15, 0.2) is 69.1 Å². The summed E-state index contributed by atoms with van der Waals surface area (Å²) < 4.78 is 0. The summed E-state index contributed by atoms with van der Waals surface area (Å²) in [5.41, 5.74) is 4.44. The summed E-state index contributed by atoms with van der Waals surface area (Å²) in [6, 6.07) is 0. The first kappa shape index (κ1) is 37.7. The van der Waals surface area contributed by atoms with Gasteiger partial charge in [-0.05, 0) is 139 Å². The average Bonchev–Trinajstić information content (AvgIpc) is 3.83. The maximum Gasteiger partial charge on any atom is 2.00 e. The SMILES string of the molecule is CCN(/C=C1\CCC(/C=C/C(=O)[C]2[CH][CH][CH][CH]2)=C1Cl)CC.CCN(/C=C1\CCC(/C=C/C(=O)[C]2[CH][CH][CH][CH]2)=C1Cl)CC.[Fe+2]. The van der Waals surface area contributed by atoms with Gasteiger partial charge in [0.05, 0.1) is 11.8 Å². The molecular weight excluding hydrogens is 619 g/mol. The van der Waals surface area contributed by atoms with Crippen LogP contribution in [-0.2, 0) is 26.7 Å². The molecule has 4 aliphatic carbocycles. The second kappa shape index (κ2) is 19.8. The molecule has 0 aromatic rings. The molecule has 4 nitrogen and oxygen atoms in total. The Morgan fingerprint density at radius 3 is 1.26 bits per heavy atom. The van der Waals surface area contributed by atoms with Crippen molar-refractivity contribution in [2.45, 2.75) is 53.4 Å². The number of allylic oxidation sites excluding steroid dienone is 10. The summed E-state index contributed by atoms with van der Waals surface area (Å²) in [4.78, 5) is 28.4. The summed E-state index contributed by atoms with van der Waals surface area (Å²) in [6.45, 7) is 12.4. The average molecular weight is 661 g/mol. The Balaban J connectivity index is 0.000000293. The predicted molar refractivity (Wildman–Crippen MR) is 175 cm³/mol. The standard InChI is InChI=1S/2C18H21ClNO.Fe/c2*1-3-20(4-2)13-16-10-9-15(18(16)19)11-12-17(21)14-7-5-6-8-14;/h2*5-8,11-13H,3-4,9-10H2,1-2H3;/q;;+2/b2*12-11+,16-13+;. The number of carbonyl (C=O) groups excluding carboxylic acids is 2. The van der Waals surface area contributed by atoms with E-state index in [0.29, 0.717) is 0 Å². The smallest absolute Gasteiger partial charge is 0.378 e. The summed E-state index contributed by atoms with van der Waals surface area (Å²) in [7, 11) is 0. The fourth-order valence-electron chi connectivity index (χ4n) is 4.82. The van der Waals surface area contributed by atoms with Crippen LogP contribution >= 0.6 is 23.2 Å². The summed E-state index contributed by atoms with van der Waals surface area (Å²) >= 11 is 12.9. The topological polar surface area (TPSA) is 40.6 Å². The molecule has 0 amide bonds. The third kappa shape index (κ3) is 11.4. The van der Waals surface area contributed by atoms with Gasteiger partial charge in [-0.15, -0.1) is 0 Å². The van der Waals surface area contributed by atoms with Crippen LogP contribution in [-0.4, -0.2) is 47.5 Å². The Labute approximate surface area is 281 Å². The van der Waals surface area contributed by atoms with E-state index in [9.17, 15) is 9.59 Å². The van der Waals surface area contributed by atoms with E-state index >= 15 is 0 Å². The summed E-state index contributed by atoms with van der Waals surface area (Å²) in [5.74, 6) is 1.50. The molecule has 0 aromatic heterocycles. The van der Waals surface area contributed by atoms with E-state index < -0.39 is 0 Å². The minimum Gasteiger partial charge on any atom is -0.378 e. The molecule has 228 valence electrons. The van der Waals surface area contributed by atoms with E-state index in [1.54, 1.807) is 12.2 Å². The molecule has 2 fully saturated rings. The fourth-order valence-corrected chi connectivity index (χ4v) is 5.42. The van der Waals surface area contributed by atoms with E-state index in [4.69, 9.17) is 23.2 Å². The van der Waals surface area contributed by atoms with Crippen LogP contribution in [0.3, 0.4) is 0 Å². The zero-order valence-electron chi connectivity index (χ0n) is 25.6. The molecule has 0 atom stereocenters. The third-order valence-electron chi connectivity index (χ3n) is 7.52. The van der Waals surface area contributed by atoms with Crippen LogP contribution in [0.25, 0.3) is 0 Å². The second-order valence-electron chi connectivity index (χ2n) is 10.2. The summed E-state index contributed by atoms with van der Waals surface area (Å²) in [6.07, 6.45) is 29.7. The van der Waals surface area contributed by atoms with Gasteiger partial charge in [-0.2, -0.15) is 0 Å². The van der Waals surface area contributed by atoms with Crippen LogP contribution in [0.1, 0.15) is 53.4 Å². The molecule has 7 heteroatoms. The zero-order valence-corrected chi connectivity index (χ0v) is 28.2. The van der Waals surface area contributed by atoms with Crippen molar-refractivity contribution in [1.29, 1.82) is 0 Å². The Bertz CT molecular complexity index is 1030. The molecule has 4 aliphatic rings. The minimum absolute atomic E-state index is 0. The van der Waals surface area contributed by atoms with Crippen LogP contribution in [0, 0.1) is 63.2 Å². The number of carbonyl (C=O) groups is 2. The Kier molecular flexibility index (Phi) is 17.3. The van der Waals surface area contributed by atoms with Crippen molar-refractivity contribution in [3.05, 3.63) is 132 Å². The van der Waals surface area contributed by atoms with Crippen molar-refractivity contribution in [2.75, 3.05) is 26.2 Å². The Morgan fingerprint density at radius 2 is 0.953 bits per heavy atom. The third-order valence-corrected chi connectivity index (χ3v) is 8.49. The van der Waals surface area contributed by atoms with E-state index in [-0.39, 0.29) is 28.6 Å². The quantitative estimate of drug-likeness (QED) is 0.157. The van der Waals surface area contributed by atoms with Gasteiger partial charge in [0.2, 0.25) is 0 Å². The van der Waals surface area contributed by atoms with Crippen LogP contribution in [0.4, 0.5) is 0 Å². The van der Waals surface area contributed by atoms with E-state index in [1.165, 1.54) is 11.1 Å². The Morgan fingerprint density at radius 1 is 0.628 bits per heavy atom. The maximum absolute atomic E-state index is 11.9. The normalized spacial score (nSPS) is 21.4. The largest absolute Gasteiger partial charge is 2.00 e. The molecule has 0 aliphatic heterocycles. The molecule has 43 heavy (non-hydrogen) atoms. The number of halogens is 2. The van der Waals surface area contributed by atoms with Gasteiger partial charge < -0.3 is 9.80 Å². The molecule has 0 aromatic carbocycles. The number of hydrogen-bond acceptors (Lipinski definition) is 4. The van der Waals surface area contributed by atoms with Gasteiger partial charge in [0, 0.05) is 48.6 Å². The van der Waals surface area contributed by atoms with E-state index in [2.05, 4.69) is 49.9 Å². The number of nitrogens with zero attached hydrogens (tertiary/aromatic N) is 2. The van der Waals surface area contributed by atoms with Gasteiger partial charge in [-0.3, -0.25) is 9.59 Å². The molecule has 10 radical (unpaired) electrons. The van der Waals surface area contributed by atoms with Gasteiger partial charge in [0.15, 0.2) is 11.6 Å². The first-order chi connectivity index (χ1) is 20.3. The first-order valence-electron chi connectivity index (χ1n) is 14.9. The van der Waals surface area contributed by atoms with Crippen molar-refractivity contribution in [3.63, 3.8) is 0 Å². The number of ketones is 2. The molecule has 0 unspecified atom stereocenters. The van der Waals surface area contributed by atoms with Crippen molar-refractivity contribution in [1.82, 2.24) is 9.80 Å². The number of hydrogen-bond donors (Lipinski definition) is 0. The van der Waals surface area contributed by atoms with Crippen LogP contribution in [0.2, 0.25) is 0 Å². The zero-order chi connectivity index (χ0) is 30.5. The van der Waals surface area contributed by atoms with Crippen LogP contribution in [0.5, 0.6) is 0 Å². The monoisotopic (exact) mass is 660 g/mol. The van der Waals surface area contributed by atoms with Crippen molar-refractivity contribution >= 4 is 34.8 Å². The van der Waals surface area contributed by atoms with Crippen molar-refractivity contribution < 1.29 is 26.7 Å².